The molecule has 0 bridgehead atoms. The average Bonchev–Trinajstić information content (AvgIpc) is 3.53. The van der Waals surface area contributed by atoms with Gasteiger partial charge in [0.2, 0.25) is 16.9 Å². The molecule has 3 aromatic rings. The van der Waals surface area contributed by atoms with Gasteiger partial charge in [-0.05, 0) is 25.3 Å². The van der Waals surface area contributed by atoms with Crippen LogP contribution in [0.25, 0.3) is 10.6 Å². The summed E-state index contributed by atoms with van der Waals surface area (Å²) in [4.78, 5) is 27.8. The van der Waals surface area contributed by atoms with E-state index in [2.05, 4.69) is 15.5 Å². The van der Waals surface area contributed by atoms with Crippen LogP contribution in [0.5, 0.6) is 0 Å². The molecule has 32 heavy (non-hydrogen) atoms. The lowest BCUT2D eigenvalue weighted by Crippen LogP contribution is -2.39. The van der Waals surface area contributed by atoms with Crippen LogP contribution in [-0.4, -0.2) is 33.5 Å². The molecule has 2 aromatic carbocycles. The summed E-state index contributed by atoms with van der Waals surface area (Å²) < 4.78 is 0. The van der Waals surface area contributed by atoms with Crippen LogP contribution in [0.4, 0.5) is 5.13 Å². The Labute approximate surface area is 192 Å². The van der Waals surface area contributed by atoms with Crippen molar-refractivity contribution in [3.8, 4) is 10.6 Å². The summed E-state index contributed by atoms with van der Waals surface area (Å²) in [5.41, 5.74) is 2.05. The van der Waals surface area contributed by atoms with E-state index in [0.29, 0.717) is 11.7 Å². The smallest absolute Gasteiger partial charge is 0.227 e. The lowest BCUT2D eigenvalue weighted by Gasteiger charge is -2.32. The van der Waals surface area contributed by atoms with Crippen molar-refractivity contribution >= 4 is 28.3 Å². The number of hydrogen-bond acceptors (Lipinski definition) is 5. The molecule has 1 heterocycles. The minimum Gasteiger partial charge on any atom is -0.335 e. The highest BCUT2D eigenvalue weighted by atomic mass is 32.1. The second kappa shape index (κ2) is 10.5. The van der Waals surface area contributed by atoms with E-state index in [1.807, 2.05) is 72.5 Å². The Morgan fingerprint density at radius 1 is 1.03 bits per heavy atom. The molecular formula is C25H28N4O2S. The highest BCUT2D eigenvalue weighted by Crippen LogP contribution is 2.31. The van der Waals surface area contributed by atoms with E-state index in [9.17, 15) is 9.59 Å². The summed E-state index contributed by atoms with van der Waals surface area (Å²) in [5.74, 6) is 0.0694. The van der Waals surface area contributed by atoms with E-state index < -0.39 is 0 Å². The Balaban J connectivity index is 1.40. The number of carbonyl (C=O) groups is 2. The van der Waals surface area contributed by atoms with Gasteiger partial charge in [-0.2, -0.15) is 0 Å². The molecule has 0 aliphatic heterocycles. The molecule has 0 spiro atoms. The molecular weight excluding hydrogens is 420 g/mol. The Bertz CT molecular complexity index is 1030. The largest absolute Gasteiger partial charge is 0.335 e. The molecule has 166 valence electrons. The molecule has 1 aliphatic rings. The predicted octanol–water partition coefficient (Wildman–Crippen LogP) is 5.31. The van der Waals surface area contributed by atoms with E-state index >= 15 is 0 Å². The topological polar surface area (TPSA) is 75.2 Å². The zero-order valence-corrected chi connectivity index (χ0v) is 19.1. The third-order valence-electron chi connectivity index (χ3n) is 6.01. The number of amides is 2. The van der Waals surface area contributed by atoms with Gasteiger partial charge in [-0.3, -0.25) is 9.59 Å². The Kier molecular flexibility index (Phi) is 7.27. The fraction of sp³-hybridized carbons (Fsp3) is 0.360. The van der Waals surface area contributed by atoms with Crippen LogP contribution in [0.3, 0.4) is 0 Å². The maximum Gasteiger partial charge on any atom is 0.227 e. The summed E-state index contributed by atoms with van der Waals surface area (Å²) in [6.45, 7) is 2.42. The molecule has 7 heteroatoms. The van der Waals surface area contributed by atoms with E-state index in [4.69, 9.17) is 0 Å². The van der Waals surface area contributed by atoms with Crippen LogP contribution >= 0.6 is 11.3 Å². The molecule has 1 N–H and O–H groups in total. The van der Waals surface area contributed by atoms with Gasteiger partial charge >= 0.3 is 0 Å². The molecule has 1 aliphatic carbocycles. The highest BCUT2D eigenvalue weighted by Gasteiger charge is 2.30. The first kappa shape index (κ1) is 22.1. The van der Waals surface area contributed by atoms with E-state index in [-0.39, 0.29) is 30.2 Å². The molecule has 4 rings (SSSR count). The van der Waals surface area contributed by atoms with Crippen molar-refractivity contribution in [1.82, 2.24) is 15.1 Å². The van der Waals surface area contributed by atoms with Crippen LogP contribution in [0.15, 0.2) is 60.7 Å². The molecule has 6 nitrogen and oxygen atoms in total. The zero-order chi connectivity index (χ0) is 22.3. The summed E-state index contributed by atoms with van der Waals surface area (Å²) in [5, 5.41) is 12.3. The number of aromatic nitrogens is 2. The molecule has 0 radical (unpaired) electrons. The van der Waals surface area contributed by atoms with Gasteiger partial charge < -0.3 is 10.2 Å². The van der Waals surface area contributed by atoms with Crippen LogP contribution in [0, 0.1) is 5.92 Å². The SMILES string of the molecule is CC(c1ccccc1)N(CCC(=O)Nc1nnc(-c2ccccc2)s1)C(=O)C1CCCC1. The Morgan fingerprint density at radius 3 is 2.38 bits per heavy atom. The van der Waals surface area contributed by atoms with Gasteiger partial charge in [0.25, 0.3) is 0 Å². The third kappa shape index (κ3) is 5.40. The first-order valence-electron chi connectivity index (χ1n) is 11.2. The van der Waals surface area contributed by atoms with Crippen LogP contribution in [0.1, 0.15) is 50.6 Å². The number of benzene rings is 2. The number of anilines is 1. The first-order valence-corrected chi connectivity index (χ1v) is 12.0. The number of hydrogen-bond donors (Lipinski definition) is 1. The third-order valence-corrected chi connectivity index (χ3v) is 6.90. The maximum absolute atomic E-state index is 13.3. The van der Waals surface area contributed by atoms with Crippen molar-refractivity contribution in [3.63, 3.8) is 0 Å². The summed E-state index contributed by atoms with van der Waals surface area (Å²) in [6, 6.07) is 19.7. The van der Waals surface area contributed by atoms with Crippen molar-refractivity contribution < 1.29 is 9.59 Å². The van der Waals surface area contributed by atoms with Gasteiger partial charge in [-0.15, -0.1) is 10.2 Å². The van der Waals surface area contributed by atoms with Crippen LogP contribution < -0.4 is 5.32 Å². The summed E-state index contributed by atoms with van der Waals surface area (Å²) in [7, 11) is 0. The maximum atomic E-state index is 13.3. The molecule has 1 fully saturated rings. The van der Waals surface area contributed by atoms with Gasteiger partial charge in [0.05, 0.1) is 6.04 Å². The quantitative estimate of drug-likeness (QED) is 0.506. The lowest BCUT2D eigenvalue weighted by molar-refractivity contribution is -0.138. The van der Waals surface area contributed by atoms with Crippen molar-refractivity contribution in [1.29, 1.82) is 0 Å². The number of rotatable bonds is 8. The van der Waals surface area contributed by atoms with Gasteiger partial charge in [0.15, 0.2) is 0 Å². The second-order valence-corrected chi connectivity index (χ2v) is 9.15. The fourth-order valence-electron chi connectivity index (χ4n) is 4.19. The predicted molar refractivity (Wildman–Crippen MR) is 127 cm³/mol. The van der Waals surface area contributed by atoms with Crippen molar-refractivity contribution in [2.45, 2.75) is 45.1 Å². The zero-order valence-electron chi connectivity index (χ0n) is 18.2. The van der Waals surface area contributed by atoms with Gasteiger partial charge in [0.1, 0.15) is 5.01 Å². The lowest BCUT2D eigenvalue weighted by atomic mass is 10.0. The molecule has 0 saturated heterocycles. The molecule has 1 atom stereocenters. The molecule has 2 amide bonds. The summed E-state index contributed by atoms with van der Waals surface area (Å²) in [6.07, 6.45) is 4.30. The minimum absolute atomic E-state index is 0.0702. The monoisotopic (exact) mass is 448 g/mol. The number of nitrogens with zero attached hydrogens (tertiary/aromatic N) is 3. The molecule has 1 aromatic heterocycles. The number of carbonyl (C=O) groups excluding carboxylic acids is 2. The summed E-state index contributed by atoms with van der Waals surface area (Å²) >= 11 is 1.34. The Hall–Kier alpha value is -3.06. The highest BCUT2D eigenvalue weighted by molar-refractivity contribution is 7.18. The van der Waals surface area contributed by atoms with E-state index in [1.54, 1.807) is 0 Å². The standard InChI is InChI=1S/C25H28N4O2S/c1-18(19-10-4-2-5-11-19)29(24(31)21-14-8-9-15-21)17-16-22(30)26-25-28-27-23(32-25)20-12-6-3-7-13-20/h2-7,10-13,18,21H,8-9,14-17H2,1H3,(H,26,28,30). The molecule has 1 unspecified atom stereocenters. The molecule has 1 saturated carbocycles. The van der Waals surface area contributed by atoms with Gasteiger partial charge in [-0.25, -0.2) is 0 Å². The van der Waals surface area contributed by atoms with Crippen LogP contribution in [-0.2, 0) is 9.59 Å². The second-order valence-electron chi connectivity index (χ2n) is 8.18. The van der Waals surface area contributed by atoms with E-state index in [1.165, 1.54) is 11.3 Å². The number of nitrogens with one attached hydrogen (secondary N) is 1. The minimum atomic E-state index is -0.162. The van der Waals surface area contributed by atoms with Gasteiger partial charge in [0, 0.05) is 24.4 Å². The van der Waals surface area contributed by atoms with Crippen molar-refractivity contribution in [3.05, 3.63) is 66.2 Å². The normalized spacial score (nSPS) is 14.8. The van der Waals surface area contributed by atoms with Crippen LogP contribution in [0.2, 0.25) is 0 Å². The fourth-order valence-corrected chi connectivity index (χ4v) is 4.95. The average molecular weight is 449 g/mol. The Morgan fingerprint density at radius 2 is 1.69 bits per heavy atom. The van der Waals surface area contributed by atoms with Crippen molar-refractivity contribution in [2.24, 2.45) is 5.92 Å². The first-order chi connectivity index (χ1) is 15.6. The van der Waals surface area contributed by atoms with Gasteiger partial charge in [-0.1, -0.05) is 84.8 Å². The van der Waals surface area contributed by atoms with Crippen molar-refractivity contribution in [2.75, 3.05) is 11.9 Å². The van der Waals surface area contributed by atoms with E-state index in [0.717, 1.165) is 41.8 Å².